The zero-order chi connectivity index (χ0) is 34.3. The number of halogens is 4. The van der Waals surface area contributed by atoms with Crippen LogP contribution in [0.25, 0.3) is 11.1 Å². The van der Waals surface area contributed by atoms with Gasteiger partial charge in [0.05, 0.1) is 35.1 Å². The number of esters is 2. The molecule has 0 saturated heterocycles. The SMILES string of the molecule is COC(=O)c1ccc(OC(=O)CCCc2ccc(NC(=O)c3c(-c4ccccc4)cccc3C(F)(F)F)c(C(=O)N(C)C)c2)c(F)c1. The topological polar surface area (TPSA) is 102 Å². The number of aryl methyl sites for hydroxylation is 1. The van der Waals surface area contributed by atoms with E-state index in [1.54, 1.807) is 36.4 Å². The van der Waals surface area contributed by atoms with Crippen molar-refractivity contribution in [1.29, 1.82) is 0 Å². The van der Waals surface area contributed by atoms with E-state index in [1.807, 2.05) is 0 Å². The van der Waals surface area contributed by atoms with Crippen molar-refractivity contribution in [2.24, 2.45) is 0 Å². The number of hydrogen-bond acceptors (Lipinski definition) is 6. The van der Waals surface area contributed by atoms with Crippen molar-refractivity contribution in [2.75, 3.05) is 26.5 Å². The van der Waals surface area contributed by atoms with E-state index in [0.717, 1.165) is 25.3 Å². The molecule has 4 aromatic rings. The number of alkyl halides is 3. The van der Waals surface area contributed by atoms with Gasteiger partial charge in [-0.15, -0.1) is 0 Å². The lowest BCUT2D eigenvalue weighted by molar-refractivity contribution is -0.138. The maximum absolute atomic E-state index is 14.3. The lowest BCUT2D eigenvalue weighted by Gasteiger charge is -2.19. The van der Waals surface area contributed by atoms with Gasteiger partial charge in [-0.3, -0.25) is 14.4 Å². The number of benzene rings is 4. The third kappa shape index (κ3) is 8.40. The summed E-state index contributed by atoms with van der Waals surface area (Å²) in [7, 11) is 4.12. The fourth-order valence-electron chi connectivity index (χ4n) is 4.79. The molecule has 0 aromatic heterocycles. The summed E-state index contributed by atoms with van der Waals surface area (Å²) in [5.41, 5.74) is -0.665. The van der Waals surface area contributed by atoms with Gasteiger partial charge in [0.1, 0.15) is 0 Å². The normalized spacial score (nSPS) is 11.0. The molecule has 0 saturated carbocycles. The number of carbonyl (C=O) groups excluding carboxylic acids is 4. The maximum atomic E-state index is 14.3. The molecular weight excluding hydrogens is 620 g/mol. The number of ether oxygens (including phenoxy) is 2. The molecule has 0 heterocycles. The molecular formula is C35H30F4N2O6. The van der Waals surface area contributed by atoms with Gasteiger partial charge in [0.25, 0.3) is 11.8 Å². The quantitative estimate of drug-likeness (QED) is 0.111. The first kappa shape index (κ1) is 34.4. The van der Waals surface area contributed by atoms with Gasteiger partial charge in [-0.1, -0.05) is 48.5 Å². The molecule has 0 aliphatic heterocycles. The third-order valence-corrected chi connectivity index (χ3v) is 7.07. The van der Waals surface area contributed by atoms with Crippen LogP contribution in [-0.2, 0) is 22.1 Å². The standard InChI is InChI=1S/C35H30F4N2O6/c1-41(2)33(44)25-19-21(9-7-14-30(42)47-29-18-16-23(20-27(29)36)34(45)46-3)15-17-28(25)40-32(43)31-24(22-10-5-4-6-11-22)12-8-13-26(31)35(37,38)39/h4-6,8,10-13,15-20H,7,9,14H2,1-3H3,(H,40,43). The summed E-state index contributed by atoms with van der Waals surface area (Å²) >= 11 is 0. The Morgan fingerprint density at radius 3 is 2.23 bits per heavy atom. The van der Waals surface area contributed by atoms with Crippen LogP contribution in [0.5, 0.6) is 5.75 Å². The van der Waals surface area contributed by atoms with Crippen molar-refractivity contribution in [1.82, 2.24) is 4.90 Å². The number of hydrogen-bond donors (Lipinski definition) is 1. The van der Waals surface area contributed by atoms with E-state index in [1.165, 1.54) is 49.3 Å². The molecule has 0 atom stereocenters. The number of rotatable bonds is 10. The van der Waals surface area contributed by atoms with Gasteiger partial charge in [0.15, 0.2) is 11.6 Å². The number of anilines is 1. The molecule has 4 aromatic carbocycles. The van der Waals surface area contributed by atoms with E-state index < -0.39 is 46.9 Å². The molecule has 244 valence electrons. The Kier molecular flexibility index (Phi) is 10.8. The Hall–Kier alpha value is -5.52. The van der Waals surface area contributed by atoms with Crippen LogP contribution < -0.4 is 10.1 Å². The van der Waals surface area contributed by atoms with Gasteiger partial charge in [0.2, 0.25) is 0 Å². The first-order chi connectivity index (χ1) is 22.3. The van der Waals surface area contributed by atoms with Crippen molar-refractivity contribution in [3.05, 3.63) is 119 Å². The molecule has 2 amide bonds. The highest BCUT2D eigenvalue weighted by atomic mass is 19.4. The molecule has 0 aliphatic rings. The minimum absolute atomic E-state index is 0.00118. The highest BCUT2D eigenvalue weighted by Crippen LogP contribution is 2.37. The molecule has 47 heavy (non-hydrogen) atoms. The first-order valence-electron chi connectivity index (χ1n) is 14.3. The predicted molar refractivity (Wildman–Crippen MR) is 166 cm³/mol. The number of nitrogens with zero attached hydrogens (tertiary/aromatic N) is 1. The van der Waals surface area contributed by atoms with Gasteiger partial charge in [-0.2, -0.15) is 13.2 Å². The van der Waals surface area contributed by atoms with E-state index in [-0.39, 0.29) is 47.4 Å². The second kappa shape index (κ2) is 14.7. The summed E-state index contributed by atoms with van der Waals surface area (Å²) in [4.78, 5) is 51.8. The highest BCUT2D eigenvalue weighted by Gasteiger charge is 2.37. The van der Waals surface area contributed by atoms with Crippen molar-refractivity contribution < 1.29 is 46.2 Å². The minimum atomic E-state index is -4.83. The van der Waals surface area contributed by atoms with Crippen LogP contribution in [0.3, 0.4) is 0 Å². The third-order valence-electron chi connectivity index (χ3n) is 7.07. The lowest BCUT2D eigenvalue weighted by Crippen LogP contribution is -2.25. The molecule has 0 aliphatic carbocycles. The monoisotopic (exact) mass is 650 g/mol. The zero-order valence-corrected chi connectivity index (χ0v) is 25.6. The van der Waals surface area contributed by atoms with E-state index in [4.69, 9.17) is 4.74 Å². The van der Waals surface area contributed by atoms with Gasteiger partial charge >= 0.3 is 18.1 Å². The fraction of sp³-hybridized carbons (Fsp3) is 0.200. The summed E-state index contributed by atoms with van der Waals surface area (Å²) in [6.07, 6.45) is -4.44. The van der Waals surface area contributed by atoms with Crippen LogP contribution in [0.1, 0.15) is 55.0 Å². The lowest BCUT2D eigenvalue weighted by atomic mass is 9.94. The summed E-state index contributed by atoms with van der Waals surface area (Å²) in [5.74, 6) is -4.32. The number of amides is 2. The van der Waals surface area contributed by atoms with E-state index in [9.17, 15) is 36.7 Å². The van der Waals surface area contributed by atoms with Crippen LogP contribution in [0.2, 0.25) is 0 Å². The van der Waals surface area contributed by atoms with Crippen molar-refractivity contribution >= 4 is 29.4 Å². The van der Waals surface area contributed by atoms with Crippen LogP contribution in [0.15, 0.2) is 84.9 Å². The van der Waals surface area contributed by atoms with Crippen LogP contribution in [0.4, 0.5) is 23.2 Å². The molecule has 12 heteroatoms. The van der Waals surface area contributed by atoms with Crippen molar-refractivity contribution in [3.8, 4) is 16.9 Å². The Labute approximate surface area is 267 Å². The second-order valence-electron chi connectivity index (χ2n) is 10.6. The molecule has 8 nitrogen and oxygen atoms in total. The average Bonchev–Trinajstić information content (AvgIpc) is 3.05. The predicted octanol–water partition coefficient (Wildman–Crippen LogP) is 7.18. The average molecular weight is 651 g/mol. The van der Waals surface area contributed by atoms with Gasteiger partial charge in [0, 0.05) is 20.5 Å². The smallest absolute Gasteiger partial charge is 0.417 e. The Morgan fingerprint density at radius 1 is 0.872 bits per heavy atom. The van der Waals surface area contributed by atoms with Crippen LogP contribution in [-0.4, -0.2) is 49.9 Å². The van der Waals surface area contributed by atoms with E-state index >= 15 is 0 Å². The minimum Gasteiger partial charge on any atom is -0.465 e. The molecule has 0 unspecified atom stereocenters. The highest BCUT2D eigenvalue weighted by molar-refractivity contribution is 6.12. The maximum Gasteiger partial charge on any atom is 0.417 e. The van der Waals surface area contributed by atoms with Gasteiger partial charge in [-0.25, -0.2) is 9.18 Å². The number of methoxy groups -OCH3 is 1. The molecule has 1 N–H and O–H groups in total. The number of carbonyl (C=O) groups is 4. The van der Waals surface area contributed by atoms with Crippen molar-refractivity contribution in [2.45, 2.75) is 25.4 Å². The van der Waals surface area contributed by atoms with E-state index in [0.29, 0.717) is 11.1 Å². The largest absolute Gasteiger partial charge is 0.465 e. The molecule has 4 rings (SSSR count). The zero-order valence-electron chi connectivity index (χ0n) is 25.6. The summed E-state index contributed by atoms with van der Waals surface area (Å²) in [6, 6.07) is 19.4. The molecule has 0 bridgehead atoms. The van der Waals surface area contributed by atoms with E-state index in [2.05, 4.69) is 10.1 Å². The summed E-state index contributed by atoms with van der Waals surface area (Å²) in [5, 5.41) is 2.51. The van der Waals surface area contributed by atoms with Gasteiger partial charge in [-0.05, 0) is 65.9 Å². The molecule has 0 fully saturated rings. The Morgan fingerprint density at radius 2 is 1.60 bits per heavy atom. The Bertz CT molecular complexity index is 1810. The fourth-order valence-corrected chi connectivity index (χ4v) is 4.79. The summed E-state index contributed by atoms with van der Waals surface area (Å²) < 4.78 is 66.1. The van der Waals surface area contributed by atoms with Crippen LogP contribution >= 0.6 is 0 Å². The first-order valence-corrected chi connectivity index (χ1v) is 14.3. The van der Waals surface area contributed by atoms with Crippen LogP contribution in [0, 0.1) is 5.82 Å². The molecule has 0 spiro atoms. The summed E-state index contributed by atoms with van der Waals surface area (Å²) in [6.45, 7) is 0. The Balaban J connectivity index is 1.53. The number of nitrogens with one attached hydrogen (secondary N) is 1. The van der Waals surface area contributed by atoms with Gasteiger partial charge < -0.3 is 19.7 Å². The second-order valence-corrected chi connectivity index (χ2v) is 10.6. The van der Waals surface area contributed by atoms with Crippen molar-refractivity contribution in [3.63, 3.8) is 0 Å². The molecule has 0 radical (unpaired) electrons.